The molecule has 0 fully saturated rings. The number of aromatic carboxylic acids is 1. The molecule has 2 heterocycles. The highest BCUT2D eigenvalue weighted by molar-refractivity contribution is 5.92. The van der Waals surface area contributed by atoms with E-state index < -0.39 is 22.8 Å². The molecular formula is C19H21N3O4. The highest BCUT2D eigenvalue weighted by atomic mass is 16.4. The summed E-state index contributed by atoms with van der Waals surface area (Å²) in [6.45, 7) is 2.34. The Kier molecular flexibility index (Phi) is 4.56. The summed E-state index contributed by atoms with van der Waals surface area (Å²) in [4.78, 5) is 26.0. The molecule has 3 aromatic rings. The second-order valence-electron chi connectivity index (χ2n) is 6.20. The van der Waals surface area contributed by atoms with Crippen LogP contribution in [0.4, 0.5) is 0 Å². The number of benzene rings is 1. The summed E-state index contributed by atoms with van der Waals surface area (Å²) < 4.78 is 2.07. The molecule has 26 heavy (non-hydrogen) atoms. The summed E-state index contributed by atoms with van der Waals surface area (Å²) >= 11 is 0. The molecule has 1 aromatic carbocycles. The fourth-order valence-electron chi connectivity index (χ4n) is 3.37. The number of hydrogen-bond acceptors (Lipinski definition) is 4. The Morgan fingerprint density at radius 3 is 2.65 bits per heavy atom. The summed E-state index contributed by atoms with van der Waals surface area (Å²) in [5.74, 6) is -1.93. The van der Waals surface area contributed by atoms with E-state index in [-0.39, 0.29) is 0 Å². The molecule has 0 radical (unpaired) electrons. The minimum Gasteiger partial charge on any atom is -0.506 e. The number of nitrogens with two attached hydrogens (primary N) is 1. The summed E-state index contributed by atoms with van der Waals surface area (Å²) in [6, 6.07) is 7.74. The number of carbonyl (C=O) groups is 1. The monoisotopic (exact) mass is 355 g/mol. The molecule has 136 valence electrons. The molecule has 0 aliphatic rings. The predicted octanol–water partition coefficient (Wildman–Crippen LogP) is 2.00. The van der Waals surface area contributed by atoms with Gasteiger partial charge in [-0.1, -0.05) is 13.0 Å². The van der Waals surface area contributed by atoms with Crippen molar-refractivity contribution >= 4 is 16.9 Å². The first-order valence-corrected chi connectivity index (χ1v) is 8.39. The number of carboxylic acid groups (broad SMARTS) is 1. The minimum absolute atomic E-state index is 0.378. The molecule has 7 heteroatoms. The third-order valence-corrected chi connectivity index (χ3v) is 4.69. The number of H-pyrrole nitrogens is 1. The highest BCUT2D eigenvalue weighted by Gasteiger charge is 2.22. The van der Waals surface area contributed by atoms with Crippen LogP contribution in [0, 0.1) is 0 Å². The van der Waals surface area contributed by atoms with Gasteiger partial charge in [-0.05, 0) is 43.1 Å². The van der Waals surface area contributed by atoms with Gasteiger partial charge in [0.15, 0.2) is 5.56 Å². The number of nitrogens with zero attached hydrogens (tertiary/aromatic N) is 1. The van der Waals surface area contributed by atoms with E-state index in [4.69, 9.17) is 10.8 Å². The van der Waals surface area contributed by atoms with Crippen LogP contribution < -0.4 is 11.3 Å². The van der Waals surface area contributed by atoms with E-state index in [1.54, 1.807) is 6.92 Å². The van der Waals surface area contributed by atoms with Gasteiger partial charge in [0.25, 0.3) is 5.56 Å². The van der Waals surface area contributed by atoms with Crippen molar-refractivity contribution in [3.05, 3.63) is 51.4 Å². The minimum atomic E-state index is -1.45. The first-order chi connectivity index (χ1) is 12.4. The first-order valence-electron chi connectivity index (χ1n) is 8.39. The zero-order chi connectivity index (χ0) is 19.0. The van der Waals surface area contributed by atoms with E-state index in [1.807, 2.05) is 31.3 Å². The maximum atomic E-state index is 12.1. The standard InChI is InChI=1S/C19H21N3O4/c1-3-13-16(21-18(24)15(17(13)23)19(25)26)10-4-5-14-11(8-10)9-12(6-7-20)22(14)2/h4-5,8-9H,3,6-7,20H2,1-2H3,(H,25,26)(H2,21,23,24). The van der Waals surface area contributed by atoms with Crippen LogP contribution in [0.15, 0.2) is 29.1 Å². The number of rotatable bonds is 5. The largest absolute Gasteiger partial charge is 0.506 e. The van der Waals surface area contributed by atoms with Crippen LogP contribution in [-0.2, 0) is 19.9 Å². The van der Waals surface area contributed by atoms with Gasteiger partial charge in [0, 0.05) is 29.2 Å². The molecule has 0 bridgehead atoms. The maximum Gasteiger partial charge on any atom is 0.345 e. The Morgan fingerprint density at radius 1 is 1.31 bits per heavy atom. The second kappa shape index (κ2) is 6.68. The molecule has 0 spiro atoms. The number of pyridine rings is 1. The van der Waals surface area contributed by atoms with Gasteiger partial charge in [-0.3, -0.25) is 4.79 Å². The van der Waals surface area contributed by atoms with Gasteiger partial charge in [0.05, 0.1) is 5.69 Å². The Bertz CT molecular complexity index is 1060. The summed E-state index contributed by atoms with van der Waals surface area (Å²) in [7, 11) is 1.97. The normalized spacial score (nSPS) is 11.2. The molecular weight excluding hydrogens is 334 g/mol. The number of fused-ring (bicyclic) bond motifs is 1. The van der Waals surface area contributed by atoms with Gasteiger partial charge in [-0.25, -0.2) is 4.79 Å². The average Bonchev–Trinajstić information content (AvgIpc) is 2.90. The van der Waals surface area contributed by atoms with Crippen molar-refractivity contribution in [3.63, 3.8) is 0 Å². The van der Waals surface area contributed by atoms with Crippen molar-refractivity contribution < 1.29 is 15.0 Å². The third-order valence-electron chi connectivity index (χ3n) is 4.69. The number of aromatic hydroxyl groups is 1. The SMILES string of the molecule is CCc1c(-c2ccc3c(c2)cc(CCN)n3C)[nH]c(=O)c(C(=O)O)c1O. The number of hydrogen-bond donors (Lipinski definition) is 4. The first kappa shape index (κ1) is 17.8. The summed E-state index contributed by atoms with van der Waals surface area (Å²) in [6.07, 6.45) is 1.13. The van der Waals surface area contributed by atoms with Crippen LogP contribution in [-0.4, -0.2) is 32.3 Å². The Hall–Kier alpha value is -3.06. The fraction of sp³-hybridized carbons (Fsp3) is 0.263. The van der Waals surface area contributed by atoms with Crippen LogP contribution in [0.1, 0.15) is 28.5 Å². The molecule has 2 aromatic heterocycles. The van der Waals surface area contributed by atoms with Crippen LogP contribution in [0.2, 0.25) is 0 Å². The number of carboxylic acids is 1. The van der Waals surface area contributed by atoms with Gasteiger partial charge in [-0.15, -0.1) is 0 Å². The van der Waals surface area contributed by atoms with Crippen LogP contribution in [0.25, 0.3) is 22.2 Å². The van der Waals surface area contributed by atoms with E-state index in [9.17, 15) is 14.7 Å². The lowest BCUT2D eigenvalue weighted by molar-refractivity contribution is 0.0691. The van der Waals surface area contributed by atoms with Crippen LogP contribution in [0.3, 0.4) is 0 Å². The molecule has 0 saturated heterocycles. The lowest BCUT2D eigenvalue weighted by Gasteiger charge is -2.12. The lowest BCUT2D eigenvalue weighted by atomic mass is 9.99. The maximum absolute atomic E-state index is 12.1. The third kappa shape index (κ3) is 2.76. The van der Waals surface area contributed by atoms with Crippen molar-refractivity contribution in [2.45, 2.75) is 19.8 Å². The van der Waals surface area contributed by atoms with E-state index in [0.29, 0.717) is 29.8 Å². The lowest BCUT2D eigenvalue weighted by Crippen LogP contribution is -2.20. The molecule has 0 amide bonds. The summed E-state index contributed by atoms with van der Waals surface area (Å²) in [5, 5.41) is 20.4. The van der Waals surface area contributed by atoms with Gasteiger partial charge >= 0.3 is 5.97 Å². The molecule has 0 aliphatic carbocycles. The molecule has 0 saturated carbocycles. The second-order valence-corrected chi connectivity index (χ2v) is 6.20. The highest BCUT2D eigenvalue weighted by Crippen LogP contribution is 2.32. The Labute approximate surface area is 149 Å². The van der Waals surface area contributed by atoms with Crippen molar-refractivity contribution in [1.29, 1.82) is 0 Å². The number of nitrogens with one attached hydrogen (secondary N) is 1. The topological polar surface area (TPSA) is 121 Å². The molecule has 7 nitrogen and oxygen atoms in total. The van der Waals surface area contributed by atoms with Crippen LogP contribution in [0.5, 0.6) is 5.75 Å². The summed E-state index contributed by atoms with van der Waals surface area (Å²) in [5.41, 5.74) is 7.89. The smallest absolute Gasteiger partial charge is 0.345 e. The van der Waals surface area contributed by atoms with Crippen LogP contribution >= 0.6 is 0 Å². The number of aryl methyl sites for hydroxylation is 1. The van der Waals surface area contributed by atoms with Crippen molar-refractivity contribution in [1.82, 2.24) is 9.55 Å². The van der Waals surface area contributed by atoms with Crippen molar-refractivity contribution in [2.75, 3.05) is 6.54 Å². The molecule has 5 N–H and O–H groups in total. The van der Waals surface area contributed by atoms with Gasteiger partial charge in [-0.2, -0.15) is 0 Å². The average molecular weight is 355 g/mol. The molecule has 0 atom stereocenters. The number of aromatic amines is 1. The van der Waals surface area contributed by atoms with Crippen molar-refractivity contribution in [2.24, 2.45) is 12.8 Å². The van der Waals surface area contributed by atoms with Crippen molar-refractivity contribution in [3.8, 4) is 17.0 Å². The van der Waals surface area contributed by atoms with E-state index in [0.717, 1.165) is 23.0 Å². The van der Waals surface area contributed by atoms with E-state index in [1.165, 1.54) is 0 Å². The Balaban J connectivity index is 2.23. The predicted molar refractivity (Wildman–Crippen MR) is 99.7 cm³/mol. The molecule has 3 rings (SSSR count). The van der Waals surface area contributed by atoms with Gasteiger partial charge in [0.2, 0.25) is 0 Å². The Morgan fingerprint density at radius 2 is 2.04 bits per heavy atom. The molecule has 0 unspecified atom stereocenters. The quantitative estimate of drug-likeness (QED) is 0.558. The van der Waals surface area contributed by atoms with Gasteiger partial charge in [0.1, 0.15) is 5.75 Å². The van der Waals surface area contributed by atoms with E-state index in [2.05, 4.69) is 9.55 Å². The zero-order valence-corrected chi connectivity index (χ0v) is 14.7. The fourth-order valence-corrected chi connectivity index (χ4v) is 3.37. The zero-order valence-electron chi connectivity index (χ0n) is 14.7. The number of aromatic nitrogens is 2. The van der Waals surface area contributed by atoms with Gasteiger partial charge < -0.3 is 25.5 Å². The van der Waals surface area contributed by atoms with E-state index >= 15 is 0 Å². The molecule has 0 aliphatic heterocycles.